The Labute approximate surface area is 106 Å². The van der Waals surface area contributed by atoms with Gasteiger partial charge in [0, 0.05) is 12.8 Å². The highest BCUT2D eigenvalue weighted by Gasteiger charge is 2.24. The van der Waals surface area contributed by atoms with Crippen LogP contribution in [0.3, 0.4) is 0 Å². The summed E-state index contributed by atoms with van der Waals surface area (Å²) >= 11 is 0. The van der Waals surface area contributed by atoms with Crippen molar-refractivity contribution in [2.45, 2.75) is 25.2 Å². The number of ketones is 1. The van der Waals surface area contributed by atoms with Crippen molar-refractivity contribution in [1.29, 1.82) is 0 Å². The molecule has 0 bridgehead atoms. The summed E-state index contributed by atoms with van der Waals surface area (Å²) in [6, 6.07) is 7.36. The molecule has 0 aliphatic heterocycles. The predicted molar refractivity (Wildman–Crippen MR) is 68.5 cm³/mol. The van der Waals surface area contributed by atoms with Crippen LogP contribution < -0.4 is 0 Å². The molecule has 0 N–H and O–H groups in total. The molecule has 94 valence electrons. The van der Waals surface area contributed by atoms with Gasteiger partial charge in [0.05, 0.1) is 5.56 Å². The molecule has 1 atom stereocenters. The molecule has 18 heavy (non-hydrogen) atoms. The summed E-state index contributed by atoms with van der Waals surface area (Å²) in [5.41, 5.74) is 1.59. The molecule has 0 heterocycles. The van der Waals surface area contributed by atoms with E-state index in [1.54, 1.807) is 6.07 Å². The van der Waals surface area contributed by atoms with Gasteiger partial charge in [0.25, 0.3) is 0 Å². The highest BCUT2D eigenvalue weighted by molar-refractivity contribution is 5.89. The lowest BCUT2D eigenvalue weighted by molar-refractivity contribution is -0.117. The van der Waals surface area contributed by atoms with Crippen molar-refractivity contribution in [2.24, 2.45) is 0 Å². The second kappa shape index (κ2) is 5.63. The minimum absolute atomic E-state index is 0.213. The molecule has 2 rings (SSSR count). The van der Waals surface area contributed by atoms with Gasteiger partial charge in [-0.3, -0.25) is 4.79 Å². The van der Waals surface area contributed by atoms with E-state index < -0.39 is 0 Å². The molecule has 3 heteroatoms. The lowest BCUT2D eigenvalue weighted by Crippen LogP contribution is -2.06. The van der Waals surface area contributed by atoms with Crippen LogP contribution in [-0.2, 0) is 9.53 Å². The third kappa shape index (κ3) is 2.86. The first-order valence-corrected chi connectivity index (χ1v) is 6.10. The number of hydrogen-bond donors (Lipinski definition) is 0. The van der Waals surface area contributed by atoms with E-state index in [-0.39, 0.29) is 18.5 Å². The van der Waals surface area contributed by atoms with Crippen LogP contribution in [0, 0.1) is 0 Å². The van der Waals surface area contributed by atoms with Crippen molar-refractivity contribution < 1.29 is 14.3 Å². The fourth-order valence-electron chi connectivity index (χ4n) is 2.24. The SMILES string of the molecule is C=CCOC(=O)c1cccc(C2CCC(=O)C2)c1. The van der Waals surface area contributed by atoms with Crippen molar-refractivity contribution in [3.8, 4) is 0 Å². The van der Waals surface area contributed by atoms with Crippen molar-refractivity contribution >= 4 is 11.8 Å². The Morgan fingerprint density at radius 1 is 1.50 bits per heavy atom. The molecular weight excluding hydrogens is 228 g/mol. The lowest BCUT2D eigenvalue weighted by Gasteiger charge is -2.10. The van der Waals surface area contributed by atoms with Gasteiger partial charge >= 0.3 is 5.97 Å². The normalized spacial score (nSPS) is 18.7. The second-order valence-corrected chi connectivity index (χ2v) is 4.49. The Morgan fingerprint density at radius 2 is 2.33 bits per heavy atom. The summed E-state index contributed by atoms with van der Waals surface area (Å²) < 4.78 is 4.99. The fraction of sp³-hybridized carbons (Fsp3) is 0.333. The summed E-state index contributed by atoms with van der Waals surface area (Å²) in [6.07, 6.45) is 3.66. The Bertz CT molecular complexity index is 476. The van der Waals surface area contributed by atoms with Crippen LogP contribution >= 0.6 is 0 Å². The zero-order chi connectivity index (χ0) is 13.0. The van der Waals surface area contributed by atoms with Gasteiger partial charge in [0.2, 0.25) is 0 Å². The Kier molecular flexibility index (Phi) is 3.92. The van der Waals surface area contributed by atoms with E-state index in [4.69, 9.17) is 4.74 Å². The molecule has 0 aromatic heterocycles. The molecule has 0 radical (unpaired) electrons. The molecular formula is C15H16O3. The Morgan fingerprint density at radius 3 is 3.00 bits per heavy atom. The molecule has 1 aromatic rings. The number of Topliss-reactive ketones (excluding diaryl/α,β-unsaturated/α-hetero) is 1. The maximum absolute atomic E-state index is 11.7. The summed E-state index contributed by atoms with van der Waals surface area (Å²) in [5.74, 6) is 0.213. The van der Waals surface area contributed by atoms with Gasteiger partial charge in [-0.25, -0.2) is 4.79 Å². The minimum atomic E-state index is -0.346. The minimum Gasteiger partial charge on any atom is -0.458 e. The summed E-state index contributed by atoms with van der Waals surface area (Å²) in [7, 11) is 0. The van der Waals surface area contributed by atoms with Crippen LogP contribution in [0.5, 0.6) is 0 Å². The molecule has 1 aromatic carbocycles. The first kappa shape index (κ1) is 12.6. The molecule has 1 fully saturated rings. The maximum atomic E-state index is 11.7. The third-order valence-electron chi connectivity index (χ3n) is 3.17. The maximum Gasteiger partial charge on any atom is 0.338 e. The van der Waals surface area contributed by atoms with Crippen LogP contribution in [-0.4, -0.2) is 18.4 Å². The highest BCUT2D eigenvalue weighted by atomic mass is 16.5. The van der Waals surface area contributed by atoms with Crippen LogP contribution in [0.15, 0.2) is 36.9 Å². The van der Waals surface area contributed by atoms with E-state index in [9.17, 15) is 9.59 Å². The highest BCUT2D eigenvalue weighted by Crippen LogP contribution is 2.32. The topological polar surface area (TPSA) is 43.4 Å². The van der Waals surface area contributed by atoms with Gasteiger partial charge in [-0.1, -0.05) is 24.8 Å². The average Bonchev–Trinajstić information content (AvgIpc) is 2.83. The summed E-state index contributed by atoms with van der Waals surface area (Å²) in [6.45, 7) is 3.71. The van der Waals surface area contributed by atoms with Crippen LogP contribution in [0.25, 0.3) is 0 Å². The van der Waals surface area contributed by atoms with E-state index in [0.29, 0.717) is 24.2 Å². The first-order valence-electron chi connectivity index (χ1n) is 6.10. The molecule has 0 saturated heterocycles. The number of rotatable bonds is 4. The van der Waals surface area contributed by atoms with Gasteiger partial charge in [0.15, 0.2) is 0 Å². The summed E-state index contributed by atoms with van der Waals surface area (Å²) in [4.78, 5) is 23.0. The van der Waals surface area contributed by atoms with Crippen molar-refractivity contribution in [2.75, 3.05) is 6.61 Å². The van der Waals surface area contributed by atoms with Crippen LogP contribution in [0.1, 0.15) is 41.1 Å². The molecule has 0 amide bonds. The lowest BCUT2D eigenvalue weighted by atomic mass is 9.96. The quantitative estimate of drug-likeness (QED) is 0.604. The summed E-state index contributed by atoms with van der Waals surface area (Å²) in [5, 5.41) is 0. The van der Waals surface area contributed by atoms with E-state index in [1.165, 1.54) is 6.08 Å². The average molecular weight is 244 g/mol. The number of benzene rings is 1. The van der Waals surface area contributed by atoms with Gasteiger partial charge in [-0.15, -0.1) is 0 Å². The standard InChI is InChI=1S/C15H16O3/c1-2-8-18-15(17)13-5-3-4-11(9-13)12-6-7-14(16)10-12/h2-5,9,12H,1,6-8,10H2. The number of carbonyl (C=O) groups excluding carboxylic acids is 2. The van der Waals surface area contributed by atoms with Crippen molar-refractivity contribution in [3.05, 3.63) is 48.0 Å². The number of ether oxygens (including phenoxy) is 1. The number of esters is 1. The van der Waals surface area contributed by atoms with Gasteiger partial charge in [0.1, 0.15) is 12.4 Å². The Hall–Kier alpha value is -1.90. The molecule has 1 aliphatic rings. The third-order valence-corrected chi connectivity index (χ3v) is 3.17. The molecule has 0 spiro atoms. The molecule has 1 aliphatic carbocycles. The van der Waals surface area contributed by atoms with Crippen molar-refractivity contribution in [1.82, 2.24) is 0 Å². The molecule has 1 unspecified atom stereocenters. The zero-order valence-electron chi connectivity index (χ0n) is 10.2. The predicted octanol–water partition coefficient (Wildman–Crippen LogP) is 2.87. The van der Waals surface area contributed by atoms with E-state index >= 15 is 0 Å². The largest absolute Gasteiger partial charge is 0.458 e. The van der Waals surface area contributed by atoms with E-state index in [1.807, 2.05) is 18.2 Å². The smallest absolute Gasteiger partial charge is 0.338 e. The van der Waals surface area contributed by atoms with E-state index in [2.05, 4.69) is 6.58 Å². The number of carbonyl (C=O) groups is 2. The molecule has 3 nitrogen and oxygen atoms in total. The van der Waals surface area contributed by atoms with Crippen LogP contribution in [0.2, 0.25) is 0 Å². The van der Waals surface area contributed by atoms with Gasteiger partial charge in [-0.2, -0.15) is 0 Å². The monoisotopic (exact) mass is 244 g/mol. The second-order valence-electron chi connectivity index (χ2n) is 4.49. The first-order chi connectivity index (χ1) is 8.70. The van der Waals surface area contributed by atoms with Crippen LogP contribution in [0.4, 0.5) is 0 Å². The van der Waals surface area contributed by atoms with Gasteiger partial charge < -0.3 is 4.74 Å². The zero-order valence-corrected chi connectivity index (χ0v) is 10.2. The van der Waals surface area contributed by atoms with E-state index in [0.717, 1.165) is 12.0 Å². The Balaban J connectivity index is 2.12. The fourth-order valence-corrected chi connectivity index (χ4v) is 2.24. The van der Waals surface area contributed by atoms with Gasteiger partial charge in [-0.05, 0) is 30.0 Å². The number of hydrogen-bond acceptors (Lipinski definition) is 3. The molecule has 1 saturated carbocycles. The van der Waals surface area contributed by atoms with Crippen molar-refractivity contribution in [3.63, 3.8) is 0 Å².